The van der Waals surface area contributed by atoms with Gasteiger partial charge in [-0.1, -0.05) is 6.92 Å². The Kier molecular flexibility index (Phi) is 6.55. The predicted octanol–water partition coefficient (Wildman–Crippen LogP) is 2.00. The van der Waals surface area contributed by atoms with E-state index in [2.05, 4.69) is 44.1 Å². The third-order valence-corrected chi connectivity index (χ3v) is 2.45. The van der Waals surface area contributed by atoms with E-state index in [0.29, 0.717) is 6.04 Å². The highest BCUT2D eigenvalue weighted by atomic mass is 15.1. The molecule has 1 unspecified atom stereocenters. The zero-order chi connectivity index (χ0) is 11.9. The number of nitrogens with one attached hydrogen (secondary N) is 1. The van der Waals surface area contributed by atoms with E-state index in [4.69, 9.17) is 5.26 Å². The zero-order valence-electron chi connectivity index (χ0n) is 10.8. The van der Waals surface area contributed by atoms with Crippen molar-refractivity contribution >= 4 is 0 Å². The van der Waals surface area contributed by atoms with E-state index >= 15 is 0 Å². The molecule has 1 atom stereocenters. The van der Waals surface area contributed by atoms with Crippen molar-refractivity contribution < 1.29 is 0 Å². The molecule has 88 valence electrons. The normalized spacial score (nSPS) is 15.3. The highest BCUT2D eigenvalue weighted by Crippen LogP contribution is 2.10. The lowest BCUT2D eigenvalue weighted by Crippen LogP contribution is -2.46. The highest BCUT2D eigenvalue weighted by Gasteiger charge is 2.24. The molecule has 0 aromatic heterocycles. The molecular weight excluding hydrogens is 186 g/mol. The summed E-state index contributed by atoms with van der Waals surface area (Å²) in [7, 11) is 2.11. The second-order valence-corrected chi connectivity index (χ2v) is 4.80. The van der Waals surface area contributed by atoms with Gasteiger partial charge >= 0.3 is 0 Å². The lowest BCUT2D eigenvalue weighted by atomic mass is 9.98. The Balaban J connectivity index is 4.04. The van der Waals surface area contributed by atoms with Crippen molar-refractivity contribution in [1.29, 1.82) is 5.26 Å². The Morgan fingerprint density at radius 1 is 1.40 bits per heavy atom. The second-order valence-electron chi connectivity index (χ2n) is 4.80. The van der Waals surface area contributed by atoms with Gasteiger partial charge in [0.2, 0.25) is 0 Å². The molecule has 0 bridgehead atoms. The van der Waals surface area contributed by atoms with Gasteiger partial charge in [0, 0.05) is 12.6 Å². The van der Waals surface area contributed by atoms with Crippen LogP contribution in [0.4, 0.5) is 0 Å². The average molecular weight is 211 g/mol. The summed E-state index contributed by atoms with van der Waals surface area (Å²) in [5.41, 5.74) is -0.393. The predicted molar refractivity (Wildman–Crippen MR) is 64.7 cm³/mol. The maximum absolute atomic E-state index is 9.15. The van der Waals surface area contributed by atoms with E-state index in [0.717, 1.165) is 25.9 Å². The maximum Gasteiger partial charge on any atom is 0.105 e. The van der Waals surface area contributed by atoms with Gasteiger partial charge in [-0.3, -0.25) is 5.32 Å². The van der Waals surface area contributed by atoms with Crippen LogP contribution >= 0.6 is 0 Å². The van der Waals surface area contributed by atoms with Gasteiger partial charge in [-0.2, -0.15) is 5.26 Å². The van der Waals surface area contributed by atoms with Crippen LogP contribution < -0.4 is 5.32 Å². The van der Waals surface area contributed by atoms with E-state index in [9.17, 15) is 0 Å². The maximum atomic E-state index is 9.15. The summed E-state index contributed by atoms with van der Waals surface area (Å²) in [5.74, 6) is 0. The SMILES string of the molecule is CCCN(C)CCC(C)(C#N)NC(C)C. The molecule has 0 aliphatic carbocycles. The molecule has 0 saturated heterocycles. The van der Waals surface area contributed by atoms with Gasteiger partial charge in [0.25, 0.3) is 0 Å². The van der Waals surface area contributed by atoms with Gasteiger partial charge in [0.1, 0.15) is 5.54 Å². The monoisotopic (exact) mass is 211 g/mol. The minimum Gasteiger partial charge on any atom is -0.306 e. The van der Waals surface area contributed by atoms with Crippen molar-refractivity contribution in [3.63, 3.8) is 0 Å². The van der Waals surface area contributed by atoms with Gasteiger partial charge in [-0.05, 0) is 47.2 Å². The third-order valence-electron chi connectivity index (χ3n) is 2.45. The van der Waals surface area contributed by atoms with E-state index in [-0.39, 0.29) is 0 Å². The topological polar surface area (TPSA) is 39.1 Å². The fourth-order valence-corrected chi connectivity index (χ4v) is 1.71. The molecule has 0 saturated carbocycles. The summed E-state index contributed by atoms with van der Waals surface area (Å²) in [6.45, 7) is 10.4. The molecule has 0 aromatic carbocycles. The molecule has 0 spiro atoms. The van der Waals surface area contributed by atoms with Crippen molar-refractivity contribution in [3.8, 4) is 6.07 Å². The van der Waals surface area contributed by atoms with Crippen molar-refractivity contribution in [3.05, 3.63) is 0 Å². The van der Waals surface area contributed by atoms with Crippen molar-refractivity contribution in [2.75, 3.05) is 20.1 Å². The lowest BCUT2D eigenvalue weighted by molar-refractivity contribution is 0.280. The Labute approximate surface area is 94.5 Å². The van der Waals surface area contributed by atoms with Crippen LogP contribution in [0.5, 0.6) is 0 Å². The molecule has 0 fully saturated rings. The highest BCUT2D eigenvalue weighted by molar-refractivity contribution is 5.04. The largest absolute Gasteiger partial charge is 0.306 e. The van der Waals surface area contributed by atoms with Crippen LogP contribution in [0.3, 0.4) is 0 Å². The first-order chi connectivity index (χ1) is 6.93. The van der Waals surface area contributed by atoms with Crippen LogP contribution in [0.25, 0.3) is 0 Å². The molecule has 0 aromatic rings. The number of hydrogen-bond donors (Lipinski definition) is 1. The third kappa shape index (κ3) is 6.48. The Morgan fingerprint density at radius 2 is 2.00 bits per heavy atom. The fourth-order valence-electron chi connectivity index (χ4n) is 1.71. The molecule has 0 heterocycles. The molecule has 1 N–H and O–H groups in total. The summed E-state index contributed by atoms with van der Waals surface area (Å²) < 4.78 is 0. The number of hydrogen-bond acceptors (Lipinski definition) is 3. The van der Waals surface area contributed by atoms with Crippen LogP contribution in [0.15, 0.2) is 0 Å². The number of nitrogens with zero attached hydrogens (tertiary/aromatic N) is 2. The van der Waals surface area contributed by atoms with Crippen molar-refractivity contribution in [2.45, 2.75) is 52.1 Å². The zero-order valence-corrected chi connectivity index (χ0v) is 10.8. The first kappa shape index (κ1) is 14.4. The minimum absolute atomic E-state index is 0.353. The Bertz CT molecular complexity index is 207. The van der Waals surface area contributed by atoms with Crippen LogP contribution in [-0.2, 0) is 0 Å². The van der Waals surface area contributed by atoms with Crippen LogP contribution in [0.2, 0.25) is 0 Å². The van der Waals surface area contributed by atoms with Gasteiger partial charge in [0.05, 0.1) is 6.07 Å². The van der Waals surface area contributed by atoms with E-state index in [1.54, 1.807) is 0 Å². The molecule has 0 aliphatic rings. The van der Waals surface area contributed by atoms with Crippen molar-refractivity contribution in [2.24, 2.45) is 0 Å². The van der Waals surface area contributed by atoms with Crippen molar-refractivity contribution in [1.82, 2.24) is 10.2 Å². The molecular formula is C12H25N3. The first-order valence-corrected chi connectivity index (χ1v) is 5.81. The molecule has 15 heavy (non-hydrogen) atoms. The average Bonchev–Trinajstić information content (AvgIpc) is 2.14. The Hall–Kier alpha value is -0.590. The smallest absolute Gasteiger partial charge is 0.105 e. The van der Waals surface area contributed by atoms with E-state index < -0.39 is 5.54 Å². The summed E-state index contributed by atoms with van der Waals surface area (Å²) in [5, 5.41) is 12.5. The van der Waals surface area contributed by atoms with Gasteiger partial charge in [0.15, 0.2) is 0 Å². The Morgan fingerprint density at radius 3 is 2.40 bits per heavy atom. The summed E-state index contributed by atoms with van der Waals surface area (Å²) in [6.07, 6.45) is 2.04. The standard InChI is InChI=1S/C12H25N3/c1-6-8-15(5)9-7-12(4,10-13)14-11(2)3/h11,14H,6-9H2,1-5H3. The quantitative estimate of drug-likeness (QED) is 0.700. The van der Waals surface area contributed by atoms with E-state index in [1.807, 2.05) is 6.92 Å². The van der Waals surface area contributed by atoms with Crippen LogP contribution in [0, 0.1) is 11.3 Å². The summed E-state index contributed by atoms with van der Waals surface area (Å²) in [4.78, 5) is 2.28. The lowest BCUT2D eigenvalue weighted by Gasteiger charge is -2.28. The second kappa shape index (κ2) is 6.81. The molecule has 0 radical (unpaired) electrons. The molecule has 3 heteroatoms. The number of rotatable bonds is 7. The van der Waals surface area contributed by atoms with E-state index in [1.165, 1.54) is 0 Å². The molecule has 0 rings (SSSR count). The summed E-state index contributed by atoms with van der Waals surface area (Å²) >= 11 is 0. The van der Waals surface area contributed by atoms with Gasteiger partial charge < -0.3 is 4.90 Å². The fraction of sp³-hybridized carbons (Fsp3) is 0.917. The molecule has 0 amide bonds. The van der Waals surface area contributed by atoms with Crippen LogP contribution in [0.1, 0.15) is 40.5 Å². The number of nitriles is 1. The summed E-state index contributed by atoms with van der Waals surface area (Å²) in [6, 6.07) is 2.72. The van der Waals surface area contributed by atoms with Gasteiger partial charge in [-0.25, -0.2) is 0 Å². The first-order valence-electron chi connectivity index (χ1n) is 5.81. The van der Waals surface area contributed by atoms with Gasteiger partial charge in [-0.15, -0.1) is 0 Å². The molecule has 0 aliphatic heterocycles. The molecule has 3 nitrogen and oxygen atoms in total. The minimum atomic E-state index is -0.393. The van der Waals surface area contributed by atoms with Crippen LogP contribution in [-0.4, -0.2) is 36.6 Å².